The molecule has 5 aliphatic rings. The largest absolute Gasteiger partial charge is 0.394 e. The topological polar surface area (TPSA) is 231 Å². The van der Waals surface area contributed by atoms with Crippen LogP contribution in [-0.2, 0) is 31.8 Å². The molecule has 4 aromatic heterocycles. The Balaban J connectivity index is 0.000000172. The third kappa shape index (κ3) is 11.6. The van der Waals surface area contributed by atoms with Gasteiger partial charge in [-0.15, -0.1) is 10.2 Å². The Morgan fingerprint density at radius 1 is 0.627 bits per heavy atom. The van der Waals surface area contributed by atoms with E-state index < -0.39 is 53.4 Å². The first-order valence-corrected chi connectivity index (χ1v) is 27.7. The van der Waals surface area contributed by atoms with E-state index in [-0.39, 0.29) is 74.5 Å². The Morgan fingerprint density at radius 3 is 1.60 bits per heavy atom. The maximum atomic E-state index is 13.8. The van der Waals surface area contributed by atoms with Crippen LogP contribution in [0.5, 0.6) is 0 Å². The molecule has 24 heteroatoms. The molecule has 0 bridgehead atoms. The zero-order chi connectivity index (χ0) is 52.7. The monoisotopic (exact) mass is 1080 g/mol. The molecule has 0 radical (unpaired) electrons. The van der Waals surface area contributed by atoms with Crippen molar-refractivity contribution in [3.63, 3.8) is 0 Å². The summed E-state index contributed by atoms with van der Waals surface area (Å²) in [6.07, 6.45) is 1.97. The van der Waals surface area contributed by atoms with E-state index in [1.54, 1.807) is 23.9 Å². The average molecular weight is 1080 g/mol. The molecule has 75 heavy (non-hydrogen) atoms. The number of rotatable bonds is 20. The third-order valence-electron chi connectivity index (χ3n) is 14.6. The van der Waals surface area contributed by atoms with E-state index in [1.165, 1.54) is 34.6 Å². The van der Waals surface area contributed by atoms with Gasteiger partial charge in [0, 0.05) is 24.3 Å². The van der Waals surface area contributed by atoms with Crippen LogP contribution in [0.2, 0.25) is 0 Å². The number of aromatic nitrogens is 10. The van der Waals surface area contributed by atoms with Crippen molar-refractivity contribution in [3.8, 4) is 0 Å². The number of nitrogens with zero attached hydrogens (tertiary/aromatic N) is 10. The van der Waals surface area contributed by atoms with Gasteiger partial charge in [0.15, 0.2) is 61.7 Å². The van der Waals surface area contributed by atoms with Crippen LogP contribution >= 0.6 is 23.5 Å². The van der Waals surface area contributed by atoms with Gasteiger partial charge in [0.25, 0.3) is 0 Å². The highest BCUT2D eigenvalue weighted by Crippen LogP contribution is 2.52. The number of aliphatic hydroxyl groups excluding tert-OH is 4. The zero-order valence-electron chi connectivity index (χ0n) is 42.0. The van der Waals surface area contributed by atoms with Crippen LogP contribution in [0.4, 0.5) is 17.6 Å². The molecule has 404 valence electrons. The molecule has 6 aromatic rings. The summed E-state index contributed by atoms with van der Waals surface area (Å²) in [5, 5.41) is 58.4. The molecule has 11 rings (SSSR count). The van der Waals surface area contributed by atoms with Gasteiger partial charge in [-0.05, 0) is 111 Å². The van der Waals surface area contributed by atoms with E-state index in [4.69, 9.17) is 39.0 Å². The summed E-state index contributed by atoms with van der Waals surface area (Å²) in [5.41, 5.74) is 5.39. The van der Waals surface area contributed by atoms with Crippen molar-refractivity contribution in [2.45, 2.75) is 156 Å². The van der Waals surface area contributed by atoms with Crippen molar-refractivity contribution >= 4 is 45.9 Å². The molecule has 1 aliphatic heterocycles. The molecule has 5 fully saturated rings. The SMILES string of the molecule is CCCSc1nc(CC2C[C@@H]2c2ccc(F)c(F)c2)c2nnn(C3C[C@H](OCCO)[C@@H](O)[C@H]3O)c2n1.CCCSc1nc(CC2C[C@@H]2c2ccc(F)c(F)c2)c2nnn(C3C[C@H](OCCO)[C@H]4OC(C)(C)O[C@@H]34)c2n1. The molecule has 1 saturated heterocycles. The zero-order valence-corrected chi connectivity index (χ0v) is 43.6. The van der Waals surface area contributed by atoms with Gasteiger partial charge in [0.05, 0.1) is 62.1 Å². The number of hydrogen-bond acceptors (Lipinski definition) is 18. The Labute approximate surface area is 438 Å². The molecule has 5 heterocycles. The van der Waals surface area contributed by atoms with Crippen molar-refractivity contribution in [3.05, 3.63) is 82.2 Å². The molecule has 4 aliphatic carbocycles. The van der Waals surface area contributed by atoms with Gasteiger partial charge in [-0.3, -0.25) is 0 Å². The van der Waals surface area contributed by atoms with Crippen LogP contribution in [0.15, 0.2) is 46.7 Å². The molecule has 12 atom stereocenters. The number of benzene rings is 2. The lowest BCUT2D eigenvalue weighted by atomic mass is 10.1. The Hall–Kier alpha value is -4.50. The van der Waals surface area contributed by atoms with Crippen molar-refractivity contribution in [1.29, 1.82) is 0 Å². The molecule has 18 nitrogen and oxygen atoms in total. The molecule has 4 unspecified atom stereocenters. The Bertz CT molecular complexity index is 2980. The fourth-order valence-corrected chi connectivity index (χ4v) is 12.2. The number of thioether (sulfide) groups is 2. The van der Waals surface area contributed by atoms with Crippen LogP contribution < -0.4 is 0 Å². The minimum atomic E-state index is -1.13. The first-order chi connectivity index (χ1) is 36.2. The second-order valence-electron chi connectivity index (χ2n) is 20.4. The summed E-state index contributed by atoms with van der Waals surface area (Å²) in [6, 6.07) is 7.38. The summed E-state index contributed by atoms with van der Waals surface area (Å²) in [6.45, 7) is 7.95. The van der Waals surface area contributed by atoms with E-state index in [2.05, 4.69) is 39.5 Å². The lowest BCUT2D eigenvalue weighted by molar-refractivity contribution is -0.171. The average Bonchev–Trinajstić information content (AvgIpc) is 4.07. The fourth-order valence-electron chi connectivity index (χ4n) is 10.8. The summed E-state index contributed by atoms with van der Waals surface area (Å²) in [5.74, 6) is -1.69. The summed E-state index contributed by atoms with van der Waals surface area (Å²) >= 11 is 3.11. The van der Waals surface area contributed by atoms with Gasteiger partial charge in [0.2, 0.25) is 0 Å². The molecule has 4 N–H and O–H groups in total. The predicted octanol–water partition coefficient (Wildman–Crippen LogP) is 6.58. The van der Waals surface area contributed by atoms with E-state index in [0.717, 1.165) is 65.8 Å². The highest BCUT2D eigenvalue weighted by molar-refractivity contribution is 7.99. The predicted molar refractivity (Wildman–Crippen MR) is 267 cm³/mol. The summed E-state index contributed by atoms with van der Waals surface area (Å²) in [7, 11) is 0. The maximum absolute atomic E-state index is 13.8. The van der Waals surface area contributed by atoms with Crippen LogP contribution in [-0.4, -0.2) is 151 Å². The number of fused-ring (bicyclic) bond motifs is 3. The third-order valence-corrected chi connectivity index (χ3v) is 16.7. The lowest BCUT2D eigenvalue weighted by Gasteiger charge is -2.23. The second kappa shape index (κ2) is 22.8. The molecular formula is C51H62F4N10O8S2. The molecular weight excluding hydrogens is 1020 g/mol. The summed E-state index contributed by atoms with van der Waals surface area (Å²) < 4.78 is 81.6. The summed E-state index contributed by atoms with van der Waals surface area (Å²) in [4.78, 5) is 19.1. The normalized spacial score (nSPS) is 28.5. The first-order valence-electron chi connectivity index (χ1n) is 25.7. The van der Waals surface area contributed by atoms with Gasteiger partial charge in [-0.2, -0.15) is 0 Å². The minimum absolute atomic E-state index is 0.0594. The van der Waals surface area contributed by atoms with Crippen molar-refractivity contribution in [2.75, 3.05) is 37.9 Å². The standard InChI is InChI=1S/C27H33F2N5O4S.C24H29F2N5O4S/c1-4-9-39-26-30-19(12-15-10-16(15)14-5-6-17(28)18(29)11-14)22-25(31-26)34(33-32-22)20-13-21(36-8-7-35)24-23(20)37-27(2,3)38-24;1-2-7-36-24-27-17(10-13-8-14(13)12-3-4-15(25)16(26)9-12)20-23(28-24)31(30-29-20)18-11-19(35-6-5-32)22(34)21(18)33/h5-6,11,15-16,20-21,23-24,35H,4,7-10,12-13H2,1-3H3;3-4,9,13-14,18-19,21-22,32-34H,2,5-8,10-11H2,1H3/t15?,16-,20?,21+,23+,24-;13?,14-,18?,19+,21+,22-/m11/s1. The highest BCUT2D eigenvalue weighted by atomic mass is 32.2. The van der Waals surface area contributed by atoms with E-state index in [1.807, 2.05) is 18.5 Å². The number of halogens is 4. The minimum Gasteiger partial charge on any atom is -0.394 e. The van der Waals surface area contributed by atoms with Crippen LogP contribution in [0, 0.1) is 35.1 Å². The first kappa shape index (κ1) is 53.9. The van der Waals surface area contributed by atoms with Crippen LogP contribution in [0.1, 0.15) is 113 Å². The van der Waals surface area contributed by atoms with Gasteiger partial charge >= 0.3 is 0 Å². The van der Waals surface area contributed by atoms with E-state index in [9.17, 15) is 32.9 Å². The van der Waals surface area contributed by atoms with Crippen molar-refractivity contribution in [1.82, 2.24) is 49.9 Å². The highest BCUT2D eigenvalue weighted by Gasteiger charge is 2.56. The van der Waals surface area contributed by atoms with Crippen LogP contribution in [0.3, 0.4) is 0 Å². The maximum Gasteiger partial charge on any atom is 0.189 e. The molecule has 4 saturated carbocycles. The smallest absolute Gasteiger partial charge is 0.189 e. The lowest BCUT2D eigenvalue weighted by Crippen LogP contribution is -2.33. The number of aliphatic hydroxyl groups is 4. The Kier molecular flexibility index (Phi) is 16.4. The van der Waals surface area contributed by atoms with E-state index in [0.29, 0.717) is 58.3 Å². The number of hydrogen-bond donors (Lipinski definition) is 4. The fraction of sp³-hybridized carbons (Fsp3) is 0.608. The van der Waals surface area contributed by atoms with Gasteiger partial charge in [0.1, 0.15) is 24.4 Å². The quantitative estimate of drug-likeness (QED) is 0.0359. The second-order valence-corrected chi connectivity index (χ2v) is 22.5. The molecule has 0 spiro atoms. The van der Waals surface area contributed by atoms with Gasteiger partial charge in [-0.1, -0.05) is 59.9 Å². The molecule has 2 aromatic carbocycles. The van der Waals surface area contributed by atoms with Crippen molar-refractivity contribution in [2.24, 2.45) is 11.8 Å². The Morgan fingerprint density at radius 2 is 1.11 bits per heavy atom. The van der Waals surface area contributed by atoms with Gasteiger partial charge in [-0.25, -0.2) is 46.9 Å². The van der Waals surface area contributed by atoms with Crippen LogP contribution in [0.25, 0.3) is 22.3 Å². The number of ether oxygens (including phenoxy) is 4. The van der Waals surface area contributed by atoms with Gasteiger partial charge < -0.3 is 39.4 Å². The molecule has 0 amide bonds. The van der Waals surface area contributed by atoms with Crippen molar-refractivity contribution < 1.29 is 56.9 Å². The van der Waals surface area contributed by atoms with E-state index >= 15 is 0 Å².